The fourth-order valence-corrected chi connectivity index (χ4v) is 2.71. The molecule has 7 heteroatoms. The first-order chi connectivity index (χ1) is 8.23. The molecule has 0 saturated heterocycles. The van der Waals surface area contributed by atoms with Gasteiger partial charge in [-0.15, -0.1) is 0 Å². The van der Waals surface area contributed by atoms with E-state index in [9.17, 15) is 22.0 Å². The normalized spacial score (nSPS) is 12.3. The molecule has 0 amide bonds. The quantitative estimate of drug-likeness (QED) is 0.859. The Labute approximate surface area is 103 Å². The van der Waals surface area contributed by atoms with Gasteiger partial charge in [0, 0.05) is 5.56 Å². The lowest BCUT2D eigenvalue weighted by Gasteiger charge is -2.16. The van der Waals surface area contributed by atoms with Crippen molar-refractivity contribution >= 4 is 15.8 Å². The summed E-state index contributed by atoms with van der Waals surface area (Å²) in [5.41, 5.74) is -0.399. The van der Waals surface area contributed by atoms with Gasteiger partial charge in [-0.2, -0.15) is 0 Å². The third kappa shape index (κ3) is 4.40. The molecule has 0 heterocycles. The summed E-state index contributed by atoms with van der Waals surface area (Å²) in [5.74, 6) is -7.01. The number of carboxylic acid groups (broad SMARTS) is 1. The molecule has 0 unspecified atom stereocenters. The van der Waals surface area contributed by atoms with E-state index in [1.54, 1.807) is 6.07 Å². The molecule has 0 aliphatic heterocycles. The largest absolute Gasteiger partial charge is 0.481 e. The number of aliphatic carboxylic acids is 1. The number of rotatable bonds is 6. The number of hydrogen-bond donors (Lipinski definition) is 1. The summed E-state index contributed by atoms with van der Waals surface area (Å²) >= 11 is 0. The van der Waals surface area contributed by atoms with E-state index >= 15 is 0 Å². The minimum Gasteiger partial charge on any atom is -0.481 e. The smallest absolute Gasteiger partial charge is 0.304 e. The van der Waals surface area contributed by atoms with Crippen LogP contribution in [0.1, 0.15) is 12.0 Å². The van der Waals surface area contributed by atoms with E-state index in [1.807, 2.05) is 0 Å². The molecule has 1 aromatic carbocycles. The number of carboxylic acids is 1. The minimum absolute atomic E-state index is 0.399. The molecule has 18 heavy (non-hydrogen) atoms. The lowest BCUT2D eigenvalue weighted by atomic mass is 10.1. The van der Waals surface area contributed by atoms with Gasteiger partial charge in [-0.3, -0.25) is 4.79 Å². The van der Waals surface area contributed by atoms with Crippen molar-refractivity contribution in [1.29, 1.82) is 0 Å². The van der Waals surface area contributed by atoms with E-state index in [1.165, 1.54) is 12.1 Å². The summed E-state index contributed by atoms with van der Waals surface area (Å²) in [6.45, 7) is 0. The van der Waals surface area contributed by atoms with Gasteiger partial charge in [0.1, 0.15) is 5.75 Å². The fourth-order valence-electron chi connectivity index (χ4n) is 1.36. The second kappa shape index (κ2) is 5.43. The van der Waals surface area contributed by atoms with Gasteiger partial charge in [-0.25, -0.2) is 17.2 Å². The summed E-state index contributed by atoms with van der Waals surface area (Å²) in [6.07, 6.45) is -0.673. The standard InChI is InChI=1S/C11H12F2O4S/c12-11(13,9-4-2-1-3-5-9)8-18(16,17)7-6-10(14)15/h1-5H,6-8H2,(H,14,15). The molecule has 0 spiro atoms. The second-order valence-corrected chi connectivity index (χ2v) is 5.99. The third-order valence-electron chi connectivity index (χ3n) is 2.22. The lowest BCUT2D eigenvalue weighted by molar-refractivity contribution is -0.136. The van der Waals surface area contributed by atoms with Crippen LogP contribution in [0.25, 0.3) is 0 Å². The van der Waals surface area contributed by atoms with Crippen molar-refractivity contribution in [1.82, 2.24) is 0 Å². The number of sulfone groups is 1. The molecular formula is C11H12F2O4S. The van der Waals surface area contributed by atoms with E-state index in [0.717, 1.165) is 12.1 Å². The zero-order chi connectivity index (χ0) is 13.8. The van der Waals surface area contributed by atoms with Gasteiger partial charge in [0.2, 0.25) is 0 Å². The first kappa shape index (κ1) is 14.6. The van der Waals surface area contributed by atoms with Crippen molar-refractivity contribution in [3.8, 4) is 0 Å². The molecule has 0 fully saturated rings. The highest BCUT2D eigenvalue weighted by Crippen LogP contribution is 2.29. The predicted molar refractivity (Wildman–Crippen MR) is 61.2 cm³/mol. The molecule has 4 nitrogen and oxygen atoms in total. The molecule has 0 radical (unpaired) electrons. The molecule has 0 aromatic heterocycles. The first-order valence-electron chi connectivity index (χ1n) is 5.08. The van der Waals surface area contributed by atoms with Crippen LogP contribution in [0.15, 0.2) is 30.3 Å². The maximum absolute atomic E-state index is 13.6. The zero-order valence-corrected chi connectivity index (χ0v) is 10.2. The monoisotopic (exact) mass is 278 g/mol. The van der Waals surface area contributed by atoms with Crippen LogP contribution in [0, 0.1) is 0 Å². The third-order valence-corrected chi connectivity index (χ3v) is 3.85. The highest BCUT2D eigenvalue weighted by Gasteiger charge is 2.37. The van der Waals surface area contributed by atoms with Crippen LogP contribution in [-0.4, -0.2) is 31.0 Å². The van der Waals surface area contributed by atoms with Crippen molar-refractivity contribution in [3.63, 3.8) is 0 Å². The van der Waals surface area contributed by atoms with Crippen molar-refractivity contribution in [2.75, 3.05) is 11.5 Å². The van der Waals surface area contributed by atoms with Crippen LogP contribution < -0.4 is 0 Å². The van der Waals surface area contributed by atoms with Crippen LogP contribution in [-0.2, 0) is 20.6 Å². The molecular weight excluding hydrogens is 266 g/mol. The molecule has 1 rings (SSSR count). The number of benzene rings is 1. The van der Waals surface area contributed by atoms with Gasteiger partial charge in [-0.05, 0) is 0 Å². The van der Waals surface area contributed by atoms with Crippen LogP contribution >= 0.6 is 0 Å². The predicted octanol–water partition coefficient (Wildman–Crippen LogP) is 1.67. The van der Waals surface area contributed by atoms with Crippen LogP contribution in [0.5, 0.6) is 0 Å². The van der Waals surface area contributed by atoms with Gasteiger partial charge in [-0.1, -0.05) is 30.3 Å². The van der Waals surface area contributed by atoms with Gasteiger partial charge in [0.25, 0.3) is 5.92 Å². The van der Waals surface area contributed by atoms with Crippen LogP contribution in [0.2, 0.25) is 0 Å². The van der Waals surface area contributed by atoms with E-state index in [0.29, 0.717) is 0 Å². The second-order valence-electron chi connectivity index (χ2n) is 3.81. The topological polar surface area (TPSA) is 71.4 Å². The van der Waals surface area contributed by atoms with Crippen molar-refractivity contribution in [2.24, 2.45) is 0 Å². The molecule has 0 aliphatic rings. The van der Waals surface area contributed by atoms with Gasteiger partial charge < -0.3 is 5.11 Å². The Hall–Kier alpha value is -1.50. The molecule has 0 saturated carbocycles. The summed E-state index contributed by atoms with van der Waals surface area (Å²) in [7, 11) is -4.11. The Balaban J connectivity index is 2.80. The van der Waals surface area contributed by atoms with Gasteiger partial charge in [0.05, 0.1) is 12.2 Å². The number of hydrogen-bond acceptors (Lipinski definition) is 3. The van der Waals surface area contributed by atoms with E-state index in [-0.39, 0.29) is 0 Å². The average Bonchev–Trinajstić information content (AvgIpc) is 2.26. The Morgan fingerprint density at radius 1 is 1.22 bits per heavy atom. The van der Waals surface area contributed by atoms with Gasteiger partial charge in [0.15, 0.2) is 9.84 Å². The molecule has 0 bridgehead atoms. The Kier molecular flexibility index (Phi) is 4.39. The lowest BCUT2D eigenvalue weighted by Crippen LogP contribution is -2.28. The van der Waals surface area contributed by atoms with Crippen molar-refractivity contribution < 1.29 is 27.1 Å². The molecule has 1 aromatic rings. The Morgan fingerprint density at radius 3 is 2.28 bits per heavy atom. The minimum atomic E-state index is -4.11. The van der Waals surface area contributed by atoms with E-state index in [2.05, 4.69) is 0 Å². The molecule has 100 valence electrons. The summed E-state index contributed by atoms with van der Waals surface area (Å²) in [4.78, 5) is 10.2. The Bertz CT molecular complexity index is 511. The van der Waals surface area contributed by atoms with Crippen molar-refractivity contribution in [2.45, 2.75) is 12.3 Å². The van der Waals surface area contributed by atoms with Crippen LogP contribution in [0.3, 0.4) is 0 Å². The number of halogens is 2. The van der Waals surface area contributed by atoms with E-state index < -0.39 is 45.2 Å². The number of alkyl halides is 2. The maximum Gasteiger partial charge on any atom is 0.304 e. The molecule has 1 N–H and O–H groups in total. The average molecular weight is 278 g/mol. The Morgan fingerprint density at radius 2 is 1.78 bits per heavy atom. The number of carbonyl (C=O) groups is 1. The highest BCUT2D eigenvalue weighted by molar-refractivity contribution is 7.91. The summed E-state index contributed by atoms with van der Waals surface area (Å²) in [6, 6.07) is 6.57. The first-order valence-corrected chi connectivity index (χ1v) is 6.91. The zero-order valence-electron chi connectivity index (χ0n) is 9.34. The maximum atomic E-state index is 13.6. The van der Waals surface area contributed by atoms with E-state index in [4.69, 9.17) is 5.11 Å². The van der Waals surface area contributed by atoms with Crippen molar-refractivity contribution in [3.05, 3.63) is 35.9 Å². The van der Waals surface area contributed by atoms with Crippen LogP contribution in [0.4, 0.5) is 8.78 Å². The summed E-state index contributed by atoms with van der Waals surface area (Å²) < 4.78 is 50.1. The summed E-state index contributed by atoms with van der Waals surface area (Å²) in [5, 5.41) is 8.34. The fraction of sp³-hybridized carbons (Fsp3) is 0.364. The highest BCUT2D eigenvalue weighted by atomic mass is 32.2. The molecule has 0 atom stereocenters. The van der Waals surface area contributed by atoms with Gasteiger partial charge >= 0.3 is 5.97 Å². The molecule has 0 aliphatic carbocycles. The SMILES string of the molecule is O=C(O)CCS(=O)(=O)CC(F)(F)c1ccccc1.